The molecule has 1 aliphatic heterocycles. The van der Waals surface area contributed by atoms with Crippen molar-refractivity contribution >= 4 is 17.8 Å². The minimum atomic E-state index is -0.797. The van der Waals surface area contributed by atoms with Gasteiger partial charge in [-0.2, -0.15) is 0 Å². The fourth-order valence-electron chi connectivity index (χ4n) is 4.36. The van der Waals surface area contributed by atoms with E-state index in [1.54, 1.807) is 4.90 Å². The van der Waals surface area contributed by atoms with Crippen LogP contribution in [-0.4, -0.2) is 46.9 Å². The number of aliphatic carboxylic acids is 1. The lowest BCUT2D eigenvalue weighted by atomic mass is 9.92. The summed E-state index contributed by atoms with van der Waals surface area (Å²) < 4.78 is 0. The summed E-state index contributed by atoms with van der Waals surface area (Å²) in [6.07, 6.45) is 6.26. The van der Waals surface area contributed by atoms with Gasteiger partial charge in [0.05, 0.1) is 5.92 Å². The average Bonchev–Trinajstić information content (AvgIpc) is 3.03. The number of carboxylic acids is 1. The molecule has 3 aliphatic rings. The number of hydrogen-bond donors (Lipinski definition) is 2. The van der Waals surface area contributed by atoms with Crippen LogP contribution in [0.5, 0.6) is 0 Å². The molecule has 1 heterocycles. The Bertz CT molecular complexity index is 497. The molecule has 2 saturated carbocycles. The highest BCUT2D eigenvalue weighted by Gasteiger charge is 2.48. The second-order valence-electron chi connectivity index (χ2n) is 7.41. The number of carbonyl (C=O) groups is 3. The van der Waals surface area contributed by atoms with Crippen molar-refractivity contribution in [3.63, 3.8) is 0 Å². The number of carboxylic acid groups (broad SMARTS) is 1. The predicted molar refractivity (Wildman–Crippen MR) is 83.5 cm³/mol. The number of rotatable bonds is 5. The van der Waals surface area contributed by atoms with E-state index in [0.29, 0.717) is 12.5 Å². The van der Waals surface area contributed by atoms with Gasteiger partial charge in [0.2, 0.25) is 11.8 Å². The van der Waals surface area contributed by atoms with Crippen LogP contribution in [0.1, 0.15) is 45.4 Å². The molecule has 1 unspecified atom stereocenters. The van der Waals surface area contributed by atoms with Crippen LogP contribution in [0.2, 0.25) is 0 Å². The normalized spacial score (nSPS) is 29.5. The van der Waals surface area contributed by atoms with Crippen LogP contribution < -0.4 is 5.32 Å². The molecule has 1 saturated heterocycles. The van der Waals surface area contributed by atoms with Crippen molar-refractivity contribution in [1.82, 2.24) is 10.2 Å². The third-order valence-corrected chi connectivity index (χ3v) is 5.72. The quantitative estimate of drug-likeness (QED) is 0.797. The largest absolute Gasteiger partial charge is 0.481 e. The van der Waals surface area contributed by atoms with Crippen molar-refractivity contribution in [3.8, 4) is 0 Å². The second kappa shape index (κ2) is 6.49. The minimum absolute atomic E-state index is 0.0815. The van der Waals surface area contributed by atoms with Gasteiger partial charge in [0.1, 0.15) is 6.04 Å². The van der Waals surface area contributed by atoms with Crippen LogP contribution in [0, 0.1) is 23.7 Å². The SMILES string of the molecule is CC(=O)NC(C(=O)N1C[C@H](C(=O)O)[C@@H](C2CC2)C1)C1CCCC1. The molecule has 0 aromatic carbocycles. The van der Waals surface area contributed by atoms with Gasteiger partial charge in [0, 0.05) is 20.0 Å². The molecule has 3 rings (SSSR count). The fraction of sp³-hybridized carbons (Fsp3) is 0.824. The average molecular weight is 322 g/mol. The lowest BCUT2D eigenvalue weighted by molar-refractivity contribution is -0.143. The maximum atomic E-state index is 12.9. The van der Waals surface area contributed by atoms with E-state index in [0.717, 1.165) is 38.5 Å². The van der Waals surface area contributed by atoms with Gasteiger partial charge in [-0.15, -0.1) is 0 Å². The minimum Gasteiger partial charge on any atom is -0.481 e. The highest BCUT2D eigenvalue weighted by atomic mass is 16.4. The Labute approximate surface area is 136 Å². The van der Waals surface area contributed by atoms with E-state index in [-0.39, 0.29) is 30.2 Å². The maximum Gasteiger partial charge on any atom is 0.308 e. The molecule has 23 heavy (non-hydrogen) atoms. The van der Waals surface area contributed by atoms with Crippen LogP contribution in [0.4, 0.5) is 0 Å². The molecule has 0 aromatic rings. The molecule has 0 aromatic heterocycles. The molecule has 3 atom stereocenters. The Hall–Kier alpha value is -1.59. The molecule has 2 aliphatic carbocycles. The molecule has 6 heteroatoms. The Morgan fingerprint density at radius 1 is 1.09 bits per heavy atom. The van der Waals surface area contributed by atoms with Crippen LogP contribution in [0.25, 0.3) is 0 Å². The predicted octanol–water partition coefficient (Wildman–Crippen LogP) is 1.25. The van der Waals surface area contributed by atoms with Gasteiger partial charge in [-0.25, -0.2) is 0 Å². The van der Waals surface area contributed by atoms with E-state index in [1.165, 1.54) is 6.92 Å². The summed E-state index contributed by atoms with van der Waals surface area (Å²) in [5.74, 6) is -0.793. The van der Waals surface area contributed by atoms with E-state index >= 15 is 0 Å². The number of carbonyl (C=O) groups excluding carboxylic acids is 2. The third-order valence-electron chi connectivity index (χ3n) is 5.72. The smallest absolute Gasteiger partial charge is 0.308 e. The molecule has 2 N–H and O–H groups in total. The van der Waals surface area contributed by atoms with E-state index < -0.39 is 17.9 Å². The van der Waals surface area contributed by atoms with Gasteiger partial charge in [-0.1, -0.05) is 12.8 Å². The molecular formula is C17H26N2O4. The van der Waals surface area contributed by atoms with Crippen LogP contribution in [0.15, 0.2) is 0 Å². The first-order valence-corrected chi connectivity index (χ1v) is 8.76. The molecule has 2 amide bonds. The first-order valence-electron chi connectivity index (χ1n) is 8.76. The van der Waals surface area contributed by atoms with Crippen molar-refractivity contribution in [2.24, 2.45) is 23.7 Å². The Kier molecular flexibility index (Phi) is 4.60. The zero-order chi connectivity index (χ0) is 16.6. The van der Waals surface area contributed by atoms with Crippen LogP contribution >= 0.6 is 0 Å². The highest BCUT2D eigenvalue weighted by Crippen LogP contribution is 2.44. The Balaban J connectivity index is 1.71. The van der Waals surface area contributed by atoms with Crippen molar-refractivity contribution in [2.45, 2.75) is 51.5 Å². The fourth-order valence-corrected chi connectivity index (χ4v) is 4.36. The van der Waals surface area contributed by atoms with E-state index in [4.69, 9.17) is 0 Å². The van der Waals surface area contributed by atoms with E-state index in [9.17, 15) is 19.5 Å². The summed E-state index contributed by atoms with van der Waals surface area (Å²) in [6, 6.07) is -0.484. The van der Waals surface area contributed by atoms with Crippen LogP contribution in [-0.2, 0) is 14.4 Å². The maximum absolute atomic E-state index is 12.9. The number of amides is 2. The Morgan fingerprint density at radius 2 is 1.74 bits per heavy atom. The summed E-state index contributed by atoms with van der Waals surface area (Å²) in [5.41, 5.74) is 0. The van der Waals surface area contributed by atoms with E-state index in [1.807, 2.05) is 0 Å². The number of likely N-dealkylation sites (tertiary alicyclic amines) is 1. The van der Waals surface area contributed by atoms with Crippen molar-refractivity contribution in [2.75, 3.05) is 13.1 Å². The highest BCUT2D eigenvalue weighted by molar-refractivity contribution is 5.88. The molecule has 6 nitrogen and oxygen atoms in total. The van der Waals surface area contributed by atoms with Crippen molar-refractivity contribution in [3.05, 3.63) is 0 Å². The van der Waals surface area contributed by atoms with Crippen molar-refractivity contribution < 1.29 is 19.5 Å². The molecule has 3 fully saturated rings. The molecule has 128 valence electrons. The summed E-state index contributed by atoms with van der Waals surface area (Å²) in [7, 11) is 0. The van der Waals surface area contributed by atoms with Gasteiger partial charge in [-0.05, 0) is 43.4 Å². The summed E-state index contributed by atoms with van der Waals surface area (Å²) >= 11 is 0. The third kappa shape index (κ3) is 3.51. The van der Waals surface area contributed by atoms with Crippen molar-refractivity contribution in [1.29, 1.82) is 0 Å². The molecule has 0 bridgehead atoms. The first kappa shape index (κ1) is 16.3. The summed E-state index contributed by atoms with van der Waals surface area (Å²) in [6.45, 7) is 2.26. The van der Waals surface area contributed by atoms with Crippen LogP contribution in [0.3, 0.4) is 0 Å². The first-order chi connectivity index (χ1) is 11.0. The van der Waals surface area contributed by atoms with E-state index in [2.05, 4.69) is 5.32 Å². The summed E-state index contributed by atoms with van der Waals surface area (Å²) in [4.78, 5) is 37.7. The van der Waals surface area contributed by atoms with Gasteiger partial charge in [0.25, 0.3) is 0 Å². The van der Waals surface area contributed by atoms with Gasteiger partial charge < -0.3 is 15.3 Å². The monoisotopic (exact) mass is 322 g/mol. The Morgan fingerprint density at radius 3 is 2.26 bits per heavy atom. The lowest BCUT2D eigenvalue weighted by Gasteiger charge is -2.28. The van der Waals surface area contributed by atoms with Gasteiger partial charge >= 0.3 is 5.97 Å². The van der Waals surface area contributed by atoms with Gasteiger partial charge in [0.15, 0.2) is 0 Å². The lowest BCUT2D eigenvalue weighted by Crippen LogP contribution is -2.51. The standard InChI is InChI=1S/C17H26N2O4/c1-10(20)18-15(12-4-2-3-5-12)16(21)19-8-13(11-6-7-11)14(9-19)17(22)23/h11-15H,2-9H2,1H3,(H,18,20)(H,22,23)/t13-,14+,15?/m1/s1. The topological polar surface area (TPSA) is 86.7 Å². The summed E-state index contributed by atoms with van der Waals surface area (Å²) in [5, 5.41) is 12.3. The number of nitrogens with one attached hydrogen (secondary N) is 1. The second-order valence-corrected chi connectivity index (χ2v) is 7.41. The van der Waals surface area contributed by atoms with Gasteiger partial charge in [-0.3, -0.25) is 14.4 Å². The number of hydrogen-bond acceptors (Lipinski definition) is 3. The zero-order valence-corrected chi connectivity index (χ0v) is 13.7. The molecular weight excluding hydrogens is 296 g/mol. The zero-order valence-electron chi connectivity index (χ0n) is 13.7. The molecule has 0 radical (unpaired) electrons. The number of nitrogens with zero attached hydrogens (tertiary/aromatic N) is 1. The molecule has 0 spiro atoms.